The highest BCUT2D eigenvalue weighted by molar-refractivity contribution is 5.91. The summed E-state index contributed by atoms with van der Waals surface area (Å²) >= 11 is 0. The van der Waals surface area contributed by atoms with Crippen molar-refractivity contribution in [3.8, 4) is 11.8 Å². The topological polar surface area (TPSA) is 79.1 Å². The molecule has 2 fully saturated rings. The van der Waals surface area contributed by atoms with E-state index in [1.807, 2.05) is 48.6 Å². The first-order chi connectivity index (χ1) is 17.4. The van der Waals surface area contributed by atoms with Crippen LogP contribution in [-0.2, 0) is 9.63 Å². The van der Waals surface area contributed by atoms with Gasteiger partial charge in [-0.1, -0.05) is 79.3 Å². The second kappa shape index (κ2) is 14.0. The summed E-state index contributed by atoms with van der Waals surface area (Å²) in [6.45, 7) is 2.63. The van der Waals surface area contributed by atoms with Gasteiger partial charge >= 0.3 is 5.97 Å². The maximum atomic E-state index is 10.7. The molecule has 194 valence electrons. The van der Waals surface area contributed by atoms with Gasteiger partial charge in [-0.15, -0.1) is 0 Å². The minimum Gasteiger partial charge on any atom is -0.481 e. The Labute approximate surface area is 216 Å². The number of aliphatic hydroxyl groups is 1. The van der Waals surface area contributed by atoms with E-state index in [2.05, 4.69) is 30.0 Å². The molecule has 2 N–H and O–H groups in total. The Morgan fingerprint density at radius 1 is 1.14 bits per heavy atom. The number of carboxylic acid groups (broad SMARTS) is 1. The van der Waals surface area contributed by atoms with Crippen molar-refractivity contribution in [2.24, 2.45) is 16.0 Å². The van der Waals surface area contributed by atoms with Gasteiger partial charge in [-0.3, -0.25) is 4.79 Å². The number of hydrogen-bond acceptors (Lipinski definition) is 4. The van der Waals surface area contributed by atoms with Gasteiger partial charge in [0.25, 0.3) is 0 Å². The summed E-state index contributed by atoms with van der Waals surface area (Å²) in [7, 11) is 0. The molecule has 0 heterocycles. The van der Waals surface area contributed by atoms with E-state index >= 15 is 0 Å². The van der Waals surface area contributed by atoms with Gasteiger partial charge in [-0.25, -0.2) is 0 Å². The number of rotatable bonds is 12. The molecule has 2 aliphatic rings. The van der Waals surface area contributed by atoms with Crippen LogP contribution >= 0.6 is 0 Å². The molecular weight excluding hydrogens is 450 g/mol. The van der Waals surface area contributed by atoms with Crippen molar-refractivity contribution in [1.29, 1.82) is 0 Å². The average molecular weight is 492 g/mol. The van der Waals surface area contributed by atoms with Gasteiger partial charge in [0, 0.05) is 23.8 Å². The number of oxime groups is 1. The third kappa shape index (κ3) is 8.99. The molecule has 36 heavy (non-hydrogen) atoms. The average Bonchev–Trinajstić information content (AvgIpc) is 2.84. The summed E-state index contributed by atoms with van der Waals surface area (Å²) < 4.78 is 0. The van der Waals surface area contributed by atoms with Crippen molar-refractivity contribution < 1.29 is 19.8 Å². The largest absolute Gasteiger partial charge is 0.481 e. The number of carboxylic acids is 1. The van der Waals surface area contributed by atoms with Crippen LogP contribution in [0.4, 0.5) is 0 Å². The first-order valence-corrected chi connectivity index (χ1v) is 13.4. The van der Waals surface area contributed by atoms with Gasteiger partial charge in [-0.2, -0.15) is 0 Å². The maximum Gasteiger partial charge on any atom is 0.303 e. The van der Waals surface area contributed by atoms with Gasteiger partial charge in [0.2, 0.25) is 0 Å². The van der Waals surface area contributed by atoms with E-state index in [1.165, 1.54) is 6.42 Å². The minimum absolute atomic E-state index is 0.131. The molecule has 3 rings (SSSR count). The highest BCUT2D eigenvalue weighted by atomic mass is 16.6. The number of aliphatic carboxylic acids is 1. The zero-order chi connectivity index (χ0) is 25.7. The third-order valence-electron chi connectivity index (χ3n) is 7.50. The second-order valence-corrected chi connectivity index (χ2v) is 10.6. The van der Waals surface area contributed by atoms with Gasteiger partial charge in [0.15, 0.2) is 0 Å². The molecule has 0 aliphatic heterocycles. The molecule has 0 aromatic heterocycles. The second-order valence-electron chi connectivity index (χ2n) is 10.6. The van der Waals surface area contributed by atoms with Crippen LogP contribution in [0.15, 0.2) is 59.8 Å². The molecule has 0 bridgehead atoms. The van der Waals surface area contributed by atoms with Crippen LogP contribution in [0.5, 0.6) is 0 Å². The van der Waals surface area contributed by atoms with Gasteiger partial charge in [-0.05, 0) is 68.9 Å². The number of unbranched alkanes of at least 4 members (excludes halogenated alkanes) is 1. The van der Waals surface area contributed by atoms with Gasteiger partial charge in [0.05, 0.1) is 11.8 Å². The van der Waals surface area contributed by atoms with Crippen molar-refractivity contribution in [2.75, 3.05) is 6.61 Å². The molecule has 5 nitrogen and oxygen atoms in total. The molecule has 0 saturated heterocycles. The van der Waals surface area contributed by atoms with E-state index < -0.39 is 12.1 Å². The van der Waals surface area contributed by atoms with Crippen LogP contribution in [0.2, 0.25) is 0 Å². The number of nitrogens with zero attached hydrogens (tertiary/aromatic N) is 1. The Morgan fingerprint density at radius 2 is 1.94 bits per heavy atom. The fraction of sp³-hybridized carbons (Fsp3) is 0.548. The number of allylic oxidation sites excluding steroid dienone is 3. The molecule has 5 heteroatoms. The summed E-state index contributed by atoms with van der Waals surface area (Å²) in [4.78, 5) is 16.1. The molecule has 0 amide bonds. The summed E-state index contributed by atoms with van der Waals surface area (Å²) in [5.41, 5.74) is 2.06. The lowest BCUT2D eigenvalue weighted by Crippen LogP contribution is -2.32. The van der Waals surface area contributed by atoms with E-state index in [0.29, 0.717) is 19.4 Å². The SMILES string of the molecule is C[C@@]1(/C=C/C=C/[C@@H](O)CC2(CC#Cc3ccccc3)CCC2)CCCC/C1=N\OCCCCC(=O)O. The van der Waals surface area contributed by atoms with Crippen LogP contribution in [0.3, 0.4) is 0 Å². The Bertz CT molecular complexity index is 981. The van der Waals surface area contributed by atoms with Crippen LogP contribution < -0.4 is 0 Å². The molecule has 1 aromatic carbocycles. The van der Waals surface area contributed by atoms with E-state index in [4.69, 9.17) is 9.94 Å². The van der Waals surface area contributed by atoms with E-state index in [9.17, 15) is 9.90 Å². The van der Waals surface area contributed by atoms with Crippen LogP contribution in [0.25, 0.3) is 0 Å². The minimum atomic E-state index is -0.774. The molecule has 0 spiro atoms. The lowest BCUT2D eigenvalue weighted by molar-refractivity contribution is -0.137. The molecule has 2 aliphatic carbocycles. The highest BCUT2D eigenvalue weighted by Crippen LogP contribution is 2.47. The van der Waals surface area contributed by atoms with Crippen molar-refractivity contribution in [3.63, 3.8) is 0 Å². The lowest BCUT2D eigenvalue weighted by atomic mass is 9.64. The summed E-state index contributed by atoms with van der Waals surface area (Å²) in [5.74, 6) is 5.84. The Balaban J connectivity index is 1.49. The fourth-order valence-electron chi connectivity index (χ4n) is 5.07. The number of carbonyl (C=O) groups is 1. The zero-order valence-electron chi connectivity index (χ0n) is 21.6. The fourth-order valence-corrected chi connectivity index (χ4v) is 5.07. The third-order valence-corrected chi connectivity index (χ3v) is 7.50. The van der Waals surface area contributed by atoms with Gasteiger partial charge in [0.1, 0.15) is 6.61 Å². The predicted molar refractivity (Wildman–Crippen MR) is 145 cm³/mol. The van der Waals surface area contributed by atoms with E-state index in [0.717, 1.165) is 62.6 Å². The summed E-state index contributed by atoms with van der Waals surface area (Å²) in [5, 5.41) is 23.8. The molecule has 1 aromatic rings. The molecule has 2 saturated carbocycles. The smallest absolute Gasteiger partial charge is 0.303 e. The lowest BCUT2D eigenvalue weighted by Gasteiger charge is -2.41. The maximum absolute atomic E-state index is 10.7. The molecule has 2 atom stereocenters. The summed E-state index contributed by atoms with van der Waals surface area (Å²) in [6.07, 6.45) is 18.3. The predicted octanol–water partition coefficient (Wildman–Crippen LogP) is 6.67. The quantitative estimate of drug-likeness (QED) is 0.148. The standard InChI is InChI=1S/C31H41NO4/c1-30(20-9-6-17-28(30)32-36-24-10-7-18-29(34)35)19-8-5-16-27(33)25-31(22-12-23-31)21-11-15-26-13-3-2-4-14-26/h2-5,8,13-14,16,19,27,33H,6-7,9-10,12,17-18,20-25H2,1H3,(H,34,35)/b16-5+,19-8+,32-28+/t27-,30-/m1/s1. The number of aliphatic hydroxyl groups excluding tert-OH is 1. The van der Waals surface area contributed by atoms with Crippen molar-refractivity contribution in [1.82, 2.24) is 0 Å². The number of hydrogen-bond donors (Lipinski definition) is 2. The molecule has 0 unspecified atom stereocenters. The monoisotopic (exact) mass is 491 g/mol. The summed E-state index contributed by atoms with van der Waals surface area (Å²) in [6, 6.07) is 10.1. The normalized spacial score (nSPS) is 23.2. The highest BCUT2D eigenvalue weighted by Gasteiger charge is 2.37. The van der Waals surface area contributed by atoms with Crippen LogP contribution in [0, 0.1) is 22.7 Å². The Morgan fingerprint density at radius 3 is 2.67 bits per heavy atom. The van der Waals surface area contributed by atoms with E-state index in [-0.39, 0.29) is 17.3 Å². The van der Waals surface area contributed by atoms with Crippen molar-refractivity contribution >= 4 is 11.7 Å². The van der Waals surface area contributed by atoms with Crippen molar-refractivity contribution in [2.45, 2.75) is 90.1 Å². The Kier molecular flexibility index (Phi) is 10.8. The van der Waals surface area contributed by atoms with Crippen LogP contribution in [-0.4, -0.2) is 34.6 Å². The number of benzene rings is 1. The Hall–Kier alpha value is -2.84. The first-order valence-electron chi connectivity index (χ1n) is 13.4. The van der Waals surface area contributed by atoms with Crippen LogP contribution in [0.1, 0.15) is 89.5 Å². The van der Waals surface area contributed by atoms with Crippen molar-refractivity contribution in [3.05, 3.63) is 60.2 Å². The zero-order valence-corrected chi connectivity index (χ0v) is 21.6. The van der Waals surface area contributed by atoms with E-state index in [1.54, 1.807) is 0 Å². The molecule has 0 radical (unpaired) electrons. The van der Waals surface area contributed by atoms with Gasteiger partial charge < -0.3 is 15.1 Å². The first kappa shape index (κ1) is 27.7. The molecular formula is C31H41NO4.